The van der Waals surface area contributed by atoms with E-state index in [-0.39, 0.29) is 18.7 Å². The van der Waals surface area contributed by atoms with Gasteiger partial charge in [0.05, 0.1) is 12.1 Å². The summed E-state index contributed by atoms with van der Waals surface area (Å²) in [4.78, 5) is 51.8. The van der Waals surface area contributed by atoms with Crippen molar-refractivity contribution in [1.82, 2.24) is 16.0 Å². The highest BCUT2D eigenvalue weighted by atomic mass is 19.4. The van der Waals surface area contributed by atoms with E-state index in [2.05, 4.69) is 21.3 Å². The first-order valence-corrected chi connectivity index (χ1v) is 14.5. The van der Waals surface area contributed by atoms with Gasteiger partial charge in [-0.2, -0.15) is 13.2 Å². The van der Waals surface area contributed by atoms with Crippen LogP contribution in [0.4, 0.5) is 28.4 Å². The minimum atomic E-state index is -4.63. The van der Waals surface area contributed by atoms with Crippen molar-refractivity contribution in [1.29, 1.82) is 0 Å². The summed E-state index contributed by atoms with van der Waals surface area (Å²) in [6.07, 6.45) is -6.06. The lowest BCUT2D eigenvalue weighted by Gasteiger charge is -2.25. The van der Waals surface area contributed by atoms with E-state index in [0.29, 0.717) is 6.42 Å². The van der Waals surface area contributed by atoms with Crippen molar-refractivity contribution in [2.45, 2.75) is 64.1 Å². The Bertz CT molecular complexity index is 1460. The number of benzene rings is 3. The summed E-state index contributed by atoms with van der Waals surface area (Å²) in [5.41, 5.74) is -0.408. The second-order valence-corrected chi connectivity index (χ2v) is 11.3. The van der Waals surface area contributed by atoms with Gasteiger partial charge in [-0.3, -0.25) is 9.59 Å². The first-order chi connectivity index (χ1) is 21.7. The number of ether oxygens (including phenoxy) is 2. The van der Waals surface area contributed by atoms with Crippen LogP contribution >= 0.6 is 0 Å². The third-order valence-corrected chi connectivity index (χ3v) is 6.33. The summed E-state index contributed by atoms with van der Waals surface area (Å²) < 4.78 is 50.2. The molecule has 0 bridgehead atoms. The fourth-order valence-corrected chi connectivity index (χ4v) is 4.12. The Labute approximate surface area is 265 Å². The Morgan fingerprint density at radius 1 is 0.739 bits per heavy atom. The minimum Gasteiger partial charge on any atom is -0.445 e. The molecule has 0 heterocycles. The molecule has 46 heavy (non-hydrogen) atoms. The summed E-state index contributed by atoms with van der Waals surface area (Å²) in [5, 5.41) is 9.82. The van der Waals surface area contributed by atoms with E-state index in [1.54, 1.807) is 57.2 Å². The quantitative estimate of drug-likeness (QED) is 0.204. The molecule has 0 fully saturated rings. The molecule has 0 saturated heterocycles. The molecule has 3 aromatic rings. The summed E-state index contributed by atoms with van der Waals surface area (Å²) in [6.45, 7) is 4.40. The molecule has 3 aromatic carbocycles. The third-order valence-electron chi connectivity index (χ3n) is 6.33. The van der Waals surface area contributed by atoms with E-state index in [0.717, 1.165) is 29.3 Å². The number of nitrogens with one attached hydrogen (secondary N) is 4. The maximum atomic E-state index is 13.5. The SMILES string of the molecule is CC(C)(C)OC(=O)N[C@@H](CNC(=O)OCc1ccccc1)C(=O)N[C@@H](CCc1ccccc1)C(=O)Nc1cccc(C(F)(F)F)c1. The molecule has 4 amide bonds. The monoisotopic (exact) mass is 642 g/mol. The van der Waals surface area contributed by atoms with E-state index in [4.69, 9.17) is 9.47 Å². The second-order valence-electron chi connectivity index (χ2n) is 11.3. The number of halogens is 3. The largest absolute Gasteiger partial charge is 0.445 e. The summed E-state index contributed by atoms with van der Waals surface area (Å²) in [7, 11) is 0. The van der Waals surface area contributed by atoms with Crippen molar-refractivity contribution in [2.75, 3.05) is 11.9 Å². The van der Waals surface area contributed by atoms with Crippen LogP contribution in [0.15, 0.2) is 84.9 Å². The van der Waals surface area contributed by atoms with Crippen LogP contribution in [0.1, 0.15) is 43.9 Å². The zero-order chi connectivity index (χ0) is 33.7. The van der Waals surface area contributed by atoms with Gasteiger partial charge >= 0.3 is 18.4 Å². The van der Waals surface area contributed by atoms with Gasteiger partial charge in [0.2, 0.25) is 11.8 Å². The number of anilines is 1. The smallest absolute Gasteiger partial charge is 0.416 e. The van der Waals surface area contributed by atoms with Crippen molar-refractivity contribution in [3.05, 3.63) is 102 Å². The lowest BCUT2D eigenvalue weighted by molar-refractivity contribution is -0.137. The highest BCUT2D eigenvalue weighted by molar-refractivity contribution is 5.98. The number of alkyl halides is 3. The average molecular weight is 643 g/mol. The van der Waals surface area contributed by atoms with E-state index in [9.17, 15) is 32.3 Å². The number of amides is 4. The Kier molecular flexibility index (Phi) is 12.5. The van der Waals surface area contributed by atoms with Crippen molar-refractivity contribution < 1.29 is 41.8 Å². The van der Waals surface area contributed by atoms with Gasteiger partial charge < -0.3 is 30.7 Å². The fraction of sp³-hybridized carbons (Fsp3) is 0.333. The predicted molar refractivity (Wildman–Crippen MR) is 165 cm³/mol. The zero-order valence-electron chi connectivity index (χ0n) is 25.6. The van der Waals surface area contributed by atoms with E-state index in [1.807, 2.05) is 24.3 Å². The number of hydrogen-bond acceptors (Lipinski definition) is 6. The van der Waals surface area contributed by atoms with Crippen LogP contribution in [0.2, 0.25) is 0 Å². The van der Waals surface area contributed by atoms with Gasteiger partial charge in [0, 0.05) is 5.69 Å². The van der Waals surface area contributed by atoms with Crippen LogP contribution in [0.3, 0.4) is 0 Å². The lowest BCUT2D eigenvalue weighted by atomic mass is 10.0. The second kappa shape index (κ2) is 16.3. The highest BCUT2D eigenvalue weighted by Crippen LogP contribution is 2.30. The third kappa shape index (κ3) is 12.5. The van der Waals surface area contributed by atoms with Crippen LogP contribution in [0, 0.1) is 0 Å². The Hall–Kier alpha value is -5.07. The van der Waals surface area contributed by atoms with Crippen LogP contribution < -0.4 is 21.3 Å². The first kappa shape index (κ1) is 35.4. The number of aryl methyl sites for hydroxylation is 1. The summed E-state index contributed by atoms with van der Waals surface area (Å²) in [6, 6.07) is 19.4. The molecule has 0 aliphatic carbocycles. The Morgan fingerprint density at radius 3 is 1.98 bits per heavy atom. The van der Waals surface area contributed by atoms with Crippen molar-refractivity contribution in [3.63, 3.8) is 0 Å². The van der Waals surface area contributed by atoms with Crippen molar-refractivity contribution in [2.24, 2.45) is 0 Å². The molecule has 0 aliphatic rings. The molecule has 10 nitrogen and oxygen atoms in total. The van der Waals surface area contributed by atoms with Crippen LogP contribution in [-0.2, 0) is 38.3 Å². The van der Waals surface area contributed by atoms with Crippen LogP contribution in [0.5, 0.6) is 0 Å². The molecular weight excluding hydrogens is 605 g/mol. The van der Waals surface area contributed by atoms with Crippen LogP contribution in [-0.4, -0.2) is 48.2 Å². The molecule has 13 heteroatoms. The van der Waals surface area contributed by atoms with E-state index >= 15 is 0 Å². The molecule has 246 valence electrons. The van der Waals surface area contributed by atoms with E-state index < -0.39 is 60.0 Å². The van der Waals surface area contributed by atoms with Crippen LogP contribution in [0.25, 0.3) is 0 Å². The molecule has 4 N–H and O–H groups in total. The average Bonchev–Trinajstić information content (AvgIpc) is 3.00. The topological polar surface area (TPSA) is 135 Å². The molecular formula is C33H37F3N4O6. The molecule has 3 rings (SSSR count). The maximum Gasteiger partial charge on any atom is 0.416 e. The zero-order valence-corrected chi connectivity index (χ0v) is 25.6. The van der Waals surface area contributed by atoms with Gasteiger partial charge in [-0.25, -0.2) is 9.59 Å². The molecule has 0 saturated carbocycles. The van der Waals surface area contributed by atoms with Gasteiger partial charge in [-0.1, -0.05) is 66.7 Å². The molecule has 0 spiro atoms. The Morgan fingerprint density at radius 2 is 1.37 bits per heavy atom. The van der Waals surface area contributed by atoms with Gasteiger partial charge in [-0.05, 0) is 62.9 Å². The molecule has 2 atom stereocenters. The minimum absolute atomic E-state index is 0.0414. The van der Waals surface area contributed by atoms with E-state index in [1.165, 1.54) is 6.07 Å². The fourth-order valence-electron chi connectivity index (χ4n) is 4.12. The van der Waals surface area contributed by atoms with Crippen molar-refractivity contribution >= 4 is 29.7 Å². The van der Waals surface area contributed by atoms with Gasteiger partial charge in [0.15, 0.2) is 0 Å². The molecule has 0 unspecified atom stereocenters. The molecule has 0 aromatic heterocycles. The number of carbonyl (C=O) groups excluding carboxylic acids is 4. The first-order valence-electron chi connectivity index (χ1n) is 14.5. The van der Waals surface area contributed by atoms with Gasteiger partial charge in [0.25, 0.3) is 0 Å². The lowest BCUT2D eigenvalue weighted by Crippen LogP contribution is -2.57. The normalized spacial score (nSPS) is 12.7. The van der Waals surface area contributed by atoms with Gasteiger partial charge in [0.1, 0.15) is 24.3 Å². The number of alkyl carbamates (subject to hydrolysis) is 2. The maximum absolute atomic E-state index is 13.5. The van der Waals surface area contributed by atoms with Gasteiger partial charge in [-0.15, -0.1) is 0 Å². The van der Waals surface area contributed by atoms with Crippen molar-refractivity contribution in [3.8, 4) is 0 Å². The standard InChI is InChI=1S/C33H37F3N4O6/c1-32(2,3)46-31(44)40-27(20-37-30(43)45-21-23-13-8-5-9-14-23)29(42)39-26(18-17-22-11-6-4-7-12-22)28(41)38-25-16-10-15-24(19-25)33(34,35)36/h4-16,19,26-27H,17-18,20-21H2,1-3H3,(H,37,43)(H,38,41)(H,39,42)(H,40,44)/t26-,27-/m0/s1. The predicted octanol–water partition coefficient (Wildman–Crippen LogP) is 5.58. The molecule has 0 radical (unpaired) electrons. The Balaban J connectivity index is 1.76. The number of rotatable bonds is 12. The number of carbonyl (C=O) groups is 4. The summed E-state index contributed by atoms with van der Waals surface area (Å²) in [5.74, 6) is -1.64. The summed E-state index contributed by atoms with van der Waals surface area (Å²) >= 11 is 0. The highest BCUT2D eigenvalue weighted by Gasteiger charge is 2.32. The molecule has 0 aliphatic heterocycles. The number of hydrogen-bond donors (Lipinski definition) is 4.